The quantitative estimate of drug-likeness (QED) is 0.298. The van der Waals surface area contributed by atoms with Gasteiger partial charge in [-0.15, -0.1) is 0 Å². The SMILES string of the molecule is CC=C[Si](CCCC[Si](C=CC)(OCC)OCC)(OCC)OCC. The molecule has 0 rings (SSSR count). The van der Waals surface area contributed by atoms with Crippen molar-refractivity contribution in [1.29, 1.82) is 0 Å². The van der Waals surface area contributed by atoms with Gasteiger partial charge in [-0.2, -0.15) is 0 Å². The largest absolute Gasteiger partial charge is 0.392 e. The normalized spacial score (nSPS) is 13.4. The molecule has 6 heteroatoms. The summed E-state index contributed by atoms with van der Waals surface area (Å²) in [5.41, 5.74) is 4.34. The van der Waals surface area contributed by atoms with Gasteiger partial charge in [-0.25, -0.2) is 0 Å². The molecule has 0 aliphatic heterocycles. The third-order valence-corrected chi connectivity index (χ3v) is 10.6. The van der Waals surface area contributed by atoms with Crippen LogP contribution in [-0.2, 0) is 17.7 Å². The van der Waals surface area contributed by atoms with E-state index in [1.165, 1.54) is 0 Å². The number of unbranched alkanes of at least 4 members (excludes halogenated alkanes) is 1. The van der Waals surface area contributed by atoms with Gasteiger partial charge in [0.05, 0.1) is 0 Å². The lowest BCUT2D eigenvalue weighted by Gasteiger charge is -2.29. The first-order chi connectivity index (χ1) is 11.6. The minimum absolute atomic E-state index is 0.700. The molecular weight excluding hydrogens is 336 g/mol. The van der Waals surface area contributed by atoms with E-state index in [9.17, 15) is 0 Å². The first kappa shape index (κ1) is 23.8. The Morgan fingerprint density at radius 1 is 0.583 bits per heavy atom. The lowest BCUT2D eigenvalue weighted by molar-refractivity contribution is 0.189. The molecule has 0 amide bonds. The fourth-order valence-electron chi connectivity index (χ4n) is 2.96. The van der Waals surface area contributed by atoms with E-state index in [0.717, 1.165) is 24.9 Å². The predicted octanol–water partition coefficient (Wildman–Crippen LogP) is 5.03. The Labute approximate surface area is 151 Å². The van der Waals surface area contributed by atoms with E-state index >= 15 is 0 Å². The van der Waals surface area contributed by atoms with Gasteiger partial charge in [0.2, 0.25) is 0 Å². The van der Waals surface area contributed by atoms with Gasteiger partial charge in [0.1, 0.15) is 0 Å². The van der Waals surface area contributed by atoms with Crippen LogP contribution < -0.4 is 0 Å². The van der Waals surface area contributed by atoms with Gasteiger partial charge in [0.25, 0.3) is 0 Å². The molecule has 24 heavy (non-hydrogen) atoms. The van der Waals surface area contributed by atoms with Crippen molar-refractivity contribution in [2.45, 2.75) is 66.5 Å². The van der Waals surface area contributed by atoms with Crippen molar-refractivity contribution in [3.8, 4) is 0 Å². The van der Waals surface area contributed by atoms with Crippen LogP contribution >= 0.6 is 0 Å². The Morgan fingerprint density at radius 3 is 1.08 bits per heavy atom. The highest BCUT2D eigenvalue weighted by Gasteiger charge is 2.36. The monoisotopic (exact) mass is 374 g/mol. The molecule has 0 N–H and O–H groups in total. The summed E-state index contributed by atoms with van der Waals surface area (Å²) < 4.78 is 24.2. The van der Waals surface area contributed by atoms with Crippen molar-refractivity contribution in [2.75, 3.05) is 26.4 Å². The predicted molar refractivity (Wildman–Crippen MR) is 106 cm³/mol. The fourth-order valence-corrected chi connectivity index (χ4v) is 8.88. The minimum Gasteiger partial charge on any atom is -0.392 e. The van der Waals surface area contributed by atoms with E-state index in [-0.39, 0.29) is 0 Å². The molecule has 0 atom stereocenters. The highest BCUT2D eigenvalue weighted by Crippen LogP contribution is 2.24. The summed E-state index contributed by atoms with van der Waals surface area (Å²) >= 11 is 0. The Bertz CT molecular complexity index is 313. The van der Waals surface area contributed by atoms with E-state index in [0.29, 0.717) is 26.4 Å². The molecule has 142 valence electrons. The Balaban J connectivity index is 4.77. The maximum Gasteiger partial charge on any atom is 0.364 e. The summed E-state index contributed by atoms with van der Waals surface area (Å²) in [7, 11) is -4.42. The average molecular weight is 375 g/mol. The van der Waals surface area contributed by atoms with Crippen LogP contribution in [0, 0.1) is 0 Å². The Hall–Kier alpha value is -0.246. The van der Waals surface area contributed by atoms with Crippen LogP contribution in [0.5, 0.6) is 0 Å². The molecule has 0 spiro atoms. The molecular formula is C18H38O4Si2. The van der Waals surface area contributed by atoms with E-state index in [4.69, 9.17) is 17.7 Å². The second-order valence-corrected chi connectivity index (χ2v) is 11.6. The lowest BCUT2D eigenvalue weighted by Crippen LogP contribution is -2.42. The molecule has 0 aromatic rings. The molecule has 0 aromatic heterocycles. The molecule has 0 fully saturated rings. The summed E-state index contributed by atoms with van der Waals surface area (Å²) in [6, 6.07) is 1.97. The molecule has 0 unspecified atom stereocenters. The minimum atomic E-state index is -2.21. The molecule has 4 nitrogen and oxygen atoms in total. The zero-order chi connectivity index (χ0) is 18.3. The summed E-state index contributed by atoms with van der Waals surface area (Å²) in [6.07, 6.45) is 6.28. The molecule has 0 heterocycles. The van der Waals surface area contributed by atoms with Gasteiger partial charge in [-0.3, -0.25) is 0 Å². The van der Waals surface area contributed by atoms with E-state index < -0.39 is 17.1 Å². The molecule has 0 bridgehead atoms. The number of allylic oxidation sites excluding steroid dienone is 2. The van der Waals surface area contributed by atoms with Crippen molar-refractivity contribution >= 4 is 17.1 Å². The lowest BCUT2D eigenvalue weighted by atomic mass is 10.4. The number of hydrogen-bond donors (Lipinski definition) is 0. The van der Waals surface area contributed by atoms with Gasteiger partial charge < -0.3 is 17.7 Å². The highest BCUT2D eigenvalue weighted by molar-refractivity contribution is 6.73. The third kappa shape index (κ3) is 8.73. The molecule has 0 aliphatic rings. The van der Waals surface area contributed by atoms with Gasteiger partial charge in [0, 0.05) is 26.4 Å². The Kier molecular flexibility index (Phi) is 13.8. The average Bonchev–Trinajstić information content (AvgIpc) is 2.53. The van der Waals surface area contributed by atoms with Crippen molar-refractivity contribution in [2.24, 2.45) is 0 Å². The van der Waals surface area contributed by atoms with Crippen molar-refractivity contribution in [3.05, 3.63) is 23.6 Å². The first-order valence-electron chi connectivity index (χ1n) is 9.41. The number of rotatable bonds is 15. The second-order valence-electron chi connectivity index (χ2n) is 5.56. The summed E-state index contributed by atoms with van der Waals surface area (Å²) in [5, 5.41) is 0. The van der Waals surface area contributed by atoms with Crippen LogP contribution in [0.25, 0.3) is 0 Å². The van der Waals surface area contributed by atoms with Crippen LogP contribution in [0.3, 0.4) is 0 Å². The smallest absolute Gasteiger partial charge is 0.364 e. The van der Waals surface area contributed by atoms with Crippen LogP contribution in [-0.4, -0.2) is 43.5 Å². The highest BCUT2D eigenvalue weighted by atomic mass is 28.4. The van der Waals surface area contributed by atoms with E-state index in [1.807, 2.05) is 41.5 Å². The molecule has 0 aliphatic carbocycles. The standard InChI is InChI=1S/C18H38O4Si2/c1-7-15-23(19-9-3,20-10-4)17-13-14-18-24(16-8-2,21-11-5)22-12-6/h7-8,15-16H,9-14,17-18H2,1-6H3. The maximum atomic E-state index is 6.05. The zero-order valence-corrected chi connectivity index (χ0v) is 18.6. The summed E-state index contributed by atoms with van der Waals surface area (Å²) in [5.74, 6) is 0. The van der Waals surface area contributed by atoms with Crippen molar-refractivity contribution in [3.63, 3.8) is 0 Å². The van der Waals surface area contributed by atoms with Crippen molar-refractivity contribution < 1.29 is 17.7 Å². The van der Waals surface area contributed by atoms with Crippen LogP contribution in [0.15, 0.2) is 23.6 Å². The van der Waals surface area contributed by atoms with Crippen molar-refractivity contribution in [1.82, 2.24) is 0 Å². The molecule has 0 aromatic carbocycles. The van der Waals surface area contributed by atoms with Crippen LogP contribution in [0.4, 0.5) is 0 Å². The van der Waals surface area contributed by atoms with Gasteiger partial charge in [-0.1, -0.05) is 25.0 Å². The topological polar surface area (TPSA) is 36.9 Å². The van der Waals surface area contributed by atoms with Gasteiger partial charge in [-0.05, 0) is 65.0 Å². The van der Waals surface area contributed by atoms with Crippen LogP contribution in [0.1, 0.15) is 54.4 Å². The van der Waals surface area contributed by atoms with E-state index in [1.54, 1.807) is 0 Å². The molecule has 0 saturated heterocycles. The maximum absolute atomic E-state index is 6.05. The molecule has 0 saturated carbocycles. The molecule has 0 radical (unpaired) electrons. The van der Waals surface area contributed by atoms with Crippen LogP contribution in [0.2, 0.25) is 12.1 Å². The third-order valence-electron chi connectivity index (χ3n) is 3.70. The van der Waals surface area contributed by atoms with Gasteiger partial charge >= 0.3 is 17.1 Å². The Morgan fingerprint density at radius 2 is 0.875 bits per heavy atom. The summed E-state index contributed by atoms with van der Waals surface area (Å²) in [6.45, 7) is 15.0. The number of hydrogen-bond acceptors (Lipinski definition) is 4. The van der Waals surface area contributed by atoms with Gasteiger partial charge in [0.15, 0.2) is 0 Å². The first-order valence-corrected chi connectivity index (χ1v) is 13.6. The fraction of sp³-hybridized carbons (Fsp3) is 0.778. The summed E-state index contributed by atoms with van der Waals surface area (Å²) in [4.78, 5) is 0. The second kappa shape index (κ2) is 14.0. The van der Waals surface area contributed by atoms with E-state index in [2.05, 4.69) is 23.6 Å². The zero-order valence-electron chi connectivity index (χ0n) is 16.6.